The number of benzene rings is 1. The summed E-state index contributed by atoms with van der Waals surface area (Å²) in [5.74, 6) is -0.917. The van der Waals surface area contributed by atoms with E-state index in [4.69, 9.17) is 0 Å². The highest BCUT2D eigenvalue weighted by Gasteiger charge is 2.22. The molecule has 0 radical (unpaired) electrons. The monoisotopic (exact) mass is 447 g/mol. The number of carbonyl (C=O) groups excluding carboxylic acids is 3. The van der Waals surface area contributed by atoms with Gasteiger partial charge in [-0.25, -0.2) is 4.39 Å². The van der Waals surface area contributed by atoms with Crippen molar-refractivity contribution in [3.05, 3.63) is 33.1 Å². The molecule has 0 bridgehead atoms. The van der Waals surface area contributed by atoms with Gasteiger partial charge >= 0.3 is 0 Å². The van der Waals surface area contributed by atoms with Crippen molar-refractivity contribution >= 4 is 40.3 Å². The minimum atomic E-state index is -0.472. The van der Waals surface area contributed by atoms with Crippen LogP contribution in [-0.2, 0) is 9.59 Å². The van der Waals surface area contributed by atoms with Crippen LogP contribution in [-0.4, -0.2) is 60.2 Å². The van der Waals surface area contributed by atoms with Crippen molar-refractivity contribution in [2.75, 3.05) is 32.7 Å². The maximum absolute atomic E-state index is 13.2. The van der Waals surface area contributed by atoms with E-state index in [1.54, 1.807) is 9.80 Å². The topological polar surface area (TPSA) is 69.7 Å². The van der Waals surface area contributed by atoms with E-state index in [0.717, 1.165) is 0 Å². The molecule has 0 spiro atoms. The zero-order valence-corrected chi connectivity index (χ0v) is 15.5. The largest absolute Gasteiger partial charge is 0.351 e. The molecule has 8 heteroatoms. The molecule has 130 valence electrons. The standard InChI is InChI=1S/C16H19FIN3O3/c1-11(22)20-6-8-21(9-7-20)15(23)4-5-19-16(24)13-10-12(17)2-3-14(13)18/h2-3,10H,4-9H2,1H3,(H,19,24). The lowest BCUT2D eigenvalue weighted by molar-refractivity contribution is -0.138. The highest BCUT2D eigenvalue weighted by atomic mass is 127. The van der Waals surface area contributed by atoms with Gasteiger partial charge in [0.2, 0.25) is 11.8 Å². The normalized spacial score (nSPS) is 14.5. The zero-order chi connectivity index (χ0) is 17.7. The van der Waals surface area contributed by atoms with E-state index in [1.807, 2.05) is 22.6 Å². The minimum absolute atomic E-state index is 0.0130. The summed E-state index contributed by atoms with van der Waals surface area (Å²) in [7, 11) is 0. The second kappa shape index (κ2) is 8.41. The molecule has 1 heterocycles. The maximum Gasteiger partial charge on any atom is 0.252 e. The van der Waals surface area contributed by atoms with Crippen LogP contribution in [0, 0.1) is 9.39 Å². The third-order valence-corrected chi connectivity index (χ3v) is 4.82. The summed E-state index contributed by atoms with van der Waals surface area (Å²) in [6.45, 7) is 3.80. The fourth-order valence-corrected chi connectivity index (χ4v) is 3.06. The van der Waals surface area contributed by atoms with Gasteiger partial charge in [-0.05, 0) is 40.8 Å². The number of hydrogen-bond donors (Lipinski definition) is 1. The summed E-state index contributed by atoms with van der Waals surface area (Å²) in [6, 6.07) is 4.01. The lowest BCUT2D eigenvalue weighted by atomic mass is 10.2. The Labute approximate surface area is 153 Å². The van der Waals surface area contributed by atoms with Gasteiger partial charge in [-0.3, -0.25) is 14.4 Å². The third-order valence-electron chi connectivity index (χ3n) is 3.88. The van der Waals surface area contributed by atoms with Gasteiger partial charge in [0, 0.05) is 49.6 Å². The molecule has 0 unspecified atom stereocenters. The number of nitrogens with zero attached hydrogens (tertiary/aromatic N) is 2. The molecule has 1 N–H and O–H groups in total. The first-order chi connectivity index (χ1) is 11.4. The quantitative estimate of drug-likeness (QED) is 0.707. The fourth-order valence-electron chi connectivity index (χ4n) is 2.48. The van der Waals surface area contributed by atoms with E-state index in [9.17, 15) is 18.8 Å². The predicted octanol–water partition coefficient (Wildman–Crippen LogP) is 1.24. The molecule has 0 aromatic heterocycles. The van der Waals surface area contributed by atoms with Crippen molar-refractivity contribution in [3.63, 3.8) is 0 Å². The third kappa shape index (κ3) is 4.89. The number of hydrogen-bond acceptors (Lipinski definition) is 3. The van der Waals surface area contributed by atoms with Gasteiger partial charge in [0.1, 0.15) is 5.82 Å². The van der Waals surface area contributed by atoms with Crippen LogP contribution in [0.15, 0.2) is 18.2 Å². The van der Waals surface area contributed by atoms with Crippen molar-refractivity contribution in [1.29, 1.82) is 0 Å². The Morgan fingerprint density at radius 2 is 1.79 bits per heavy atom. The first-order valence-electron chi connectivity index (χ1n) is 7.65. The van der Waals surface area contributed by atoms with Crippen LogP contribution in [0.25, 0.3) is 0 Å². The smallest absolute Gasteiger partial charge is 0.252 e. The summed E-state index contributed by atoms with van der Waals surface area (Å²) < 4.78 is 13.9. The average Bonchev–Trinajstić information content (AvgIpc) is 2.56. The molecular formula is C16H19FIN3O3. The molecule has 1 fully saturated rings. The molecular weight excluding hydrogens is 428 g/mol. The van der Waals surface area contributed by atoms with E-state index >= 15 is 0 Å². The van der Waals surface area contributed by atoms with E-state index in [2.05, 4.69) is 5.32 Å². The summed E-state index contributed by atoms with van der Waals surface area (Å²) in [6.07, 6.45) is 0.178. The molecule has 6 nitrogen and oxygen atoms in total. The number of amides is 3. The van der Waals surface area contributed by atoms with Crippen LogP contribution in [0.2, 0.25) is 0 Å². The van der Waals surface area contributed by atoms with Crippen molar-refractivity contribution < 1.29 is 18.8 Å². The molecule has 1 aliphatic rings. The van der Waals surface area contributed by atoms with Gasteiger partial charge in [-0.15, -0.1) is 0 Å². The van der Waals surface area contributed by atoms with Crippen LogP contribution in [0.3, 0.4) is 0 Å². The van der Waals surface area contributed by atoms with Crippen LogP contribution < -0.4 is 5.32 Å². The molecule has 0 atom stereocenters. The Hall–Kier alpha value is -1.71. The summed E-state index contributed by atoms with van der Waals surface area (Å²) in [5, 5.41) is 2.64. The molecule has 2 rings (SSSR count). The Morgan fingerprint density at radius 1 is 1.17 bits per heavy atom. The summed E-state index contributed by atoms with van der Waals surface area (Å²) in [4.78, 5) is 38.8. The van der Waals surface area contributed by atoms with Gasteiger partial charge in [0.15, 0.2) is 0 Å². The van der Waals surface area contributed by atoms with Gasteiger partial charge in [-0.1, -0.05) is 0 Å². The number of carbonyl (C=O) groups is 3. The molecule has 1 saturated heterocycles. The SMILES string of the molecule is CC(=O)N1CCN(C(=O)CCNC(=O)c2cc(F)ccc2I)CC1. The Kier molecular flexibility index (Phi) is 6.52. The van der Waals surface area contributed by atoms with Crippen LogP contribution in [0.4, 0.5) is 4.39 Å². The predicted molar refractivity (Wildman–Crippen MR) is 94.9 cm³/mol. The van der Waals surface area contributed by atoms with Gasteiger partial charge in [0.25, 0.3) is 5.91 Å². The lowest BCUT2D eigenvalue weighted by Gasteiger charge is -2.34. The second-order valence-corrected chi connectivity index (χ2v) is 6.68. The van der Waals surface area contributed by atoms with Crippen molar-refractivity contribution in [2.24, 2.45) is 0 Å². The highest BCUT2D eigenvalue weighted by Crippen LogP contribution is 2.13. The fraction of sp³-hybridized carbons (Fsp3) is 0.438. The second-order valence-electron chi connectivity index (χ2n) is 5.52. The Balaban J connectivity index is 1.78. The molecule has 1 aromatic carbocycles. The van der Waals surface area contributed by atoms with E-state index in [1.165, 1.54) is 25.1 Å². The highest BCUT2D eigenvalue weighted by molar-refractivity contribution is 14.1. The first-order valence-corrected chi connectivity index (χ1v) is 8.73. The maximum atomic E-state index is 13.2. The Morgan fingerprint density at radius 3 is 2.42 bits per heavy atom. The van der Waals surface area contributed by atoms with E-state index in [0.29, 0.717) is 29.7 Å². The van der Waals surface area contributed by atoms with Crippen molar-refractivity contribution in [1.82, 2.24) is 15.1 Å². The molecule has 1 aliphatic heterocycles. The Bertz CT molecular complexity index is 645. The molecule has 0 aliphatic carbocycles. The van der Waals surface area contributed by atoms with Crippen LogP contribution >= 0.6 is 22.6 Å². The lowest BCUT2D eigenvalue weighted by Crippen LogP contribution is -2.50. The van der Waals surface area contributed by atoms with Crippen LogP contribution in [0.5, 0.6) is 0 Å². The van der Waals surface area contributed by atoms with Gasteiger partial charge in [-0.2, -0.15) is 0 Å². The number of nitrogens with one attached hydrogen (secondary N) is 1. The zero-order valence-electron chi connectivity index (χ0n) is 13.3. The number of piperazine rings is 1. The van der Waals surface area contributed by atoms with E-state index < -0.39 is 11.7 Å². The molecule has 24 heavy (non-hydrogen) atoms. The van der Waals surface area contributed by atoms with Crippen molar-refractivity contribution in [3.8, 4) is 0 Å². The molecule has 1 aromatic rings. The van der Waals surface area contributed by atoms with E-state index in [-0.39, 0.29) is 30.3 Å². The minimum Gasteiger partial charge on any atom is -0.351 e. The number of halogens is 2. The molecule has 3 amide bonds. The van der Waals surface area contributed by atoms with Gasteiger partial charge < -0.3 is 15.1 Å². The summed E-state index contributed by atoms with van der Waals surface area (Å²) >= 11 is 1.96. The van der Waals surface area contributed by atoms with Crippen LogP contribution in [0.1, 0.15) is 23.7 Å². The summed E-state index contributed by atoms with van der Waals surface area (Å²) in [5.41, 5.74) is 0.262. The first kappa shape index (κ1) is 18.6. The van der Waals surface area contributed by atoms with Gasteiger partial charge in [0.05, 0.1) is 5.56 Å². The number of rotatable bonds is 4. The average molecular weight is 447 g/mol. The van der Waals surface area contributed by atoms with Crippen molar-refractivity contribution in [2.45, 2.75) is 13.3 Å². The molecule has 0 saturated carbocycles.